The molecule has 0 amide bonds. The number of rotatable bonds is 2. The molecule has 1 aliphatic heterocycles. The topological polar surface area (TPSA) is 49.3 Å². The normalized spacial score (nSPS) is 34.3. The summed E-state index contributed by atoms with van der Waals surface area (Å²) in [6.07, 6.45) is 4.46. The van der Waals surface area contributed by atoms with Crippen LogP contribution < -0.4 is 5.32 Å². The summed E-state index contributed by atoms with van der Waals surface area (Å²) in [7, 11) is 0. The molecule has 1 heterocycles. The quantitative estimate of drug-likeness (QED) is 0.686. The van der Waals surface area contributed by atoms with E-state index in [2.05, 4.69) is 5.32 Å². The highest BCUT2D eigenvalue weighted by atomic mass is 35.5. The van der Waals surface area contributed by atoms with Gasteiger partial charge < -0.3 is 10.4 Å². The molecule has 2 fully saturated rings. The minimum Gasteiger partial charge on any atom is -0.480 e. The Hall–Kier alpha value is -0.280. The molecule has 3 nitrogen and oxygen atoms in total. The van der Waals surface area contributed by atoms with Crippen LogP contribution in [-0.2, 0) is 4.79 Å². The molecule has 2 unspecified atom stereocenters. The van der Waals surface area contributed by atoms with E-state index in [1.54, 1.807) is 0 Å². The third-order valence-corrected chi connectivity index (χ3v) is 2.67. The lowest BCUT2D eigenvalue weighted by atomic mass is 10.1. The van der Waals surface area contributed by atoms with E-state index < -0.39 is 5.97 Å². The second-order valence-electron chi connectivity index (χ2n) is 3.58. The predicted octanol–water partition coefficient (Wildman–Crippen LogP) is 1.02. The van der Waals surface area contributed by atoms with E-state index in [9.17, 15) is 4.79 Å². The SMILES string of the molecule is Cl.O=C(O)C1CCC(C2CC2)N1. The van der Waals surface area contributed by atoms with E-state index >= 15 is 0 Å². The van der Waals surface area contributed by atoms with Crippen molar-refractivity contribution < 1.29 is 9.90 Å². The van der Waals surface area contributed by atoms with Crippen LogP contribution in [0.4, 0.5) is 0 Å². The zero-order valence-corrected chi connectivity index (χ0v) is 7.64. The molecule has 1 aliphatic carbocycles. The first-order chi connectivity index (χ1) is 5.27. The Morgan fingerprint density at radius 1 is 1.25 bits per heavy atom. The molecule has 2 rings (SSSR count). The Morgan fingerprint density at radius 2 is 1.92 bits per heavy atom. The highest BCUT2D eigenvalue weighted by molar-refractivity contribution is 5.85. The number of hydrogen-bond donors (Lipinski definition) is 2. The Balaban J connectivity index is 0.000000720. The average Bonchev–Trinajstić information content (AvgIpc) is 2.68. The molecule has 1 saturated heterocycles. The minimum absolute atomic E-state index is 0. The molecule has 0 spiro atoms. The van der Waals surface area contributed by atoms with Crippen molar-refractivity contribution in [3.8, 4) is 0 Å². The number of hydrogen-bond acceptors (Lipinski definition) is 2. The number of aliphatic carboxylic acids is 1. The summed E-state index contributed by atoms with van der Waals surface area (Å²) in [5.41, 5.74) is 0. The summed E-state index contributed by atoms with van der Waals surface area (Å²) in [4.78, 5) is 10.5. The number of carboxylic acid groups (broad SMARTS) is 1. The van der Waals surface area contributed by atoms with Gasteiger partial charge in [-0.15, -0.1) is 12.4 Å². The van der Waals surface area contributed by atoms with Crippen LogP contribution >= 0.6 is 12.4 Å². The highest BCUT2D eigenvalue weighted by Crippen LogP contribution is 2.37. The largest absolute Gasteiger partial charge is 0.480 e. The molecule has 0 aromatic heterocycles. The van der Waals surface area contributed by atoms with E-state index in [4.69, 9.17) is 5.11 Å². The maximum Gasteiger partial charge on any atom is 0.320 e. The Morgan fingerprint density at radius 3 is 2.33 bits per heavy atom. The van der Waals surface area contributed by atoms with Gasteiger partial charge in [0.05, 0.1) is 0 Å². The van der Waals surface area contributed by atoms with Gasteiger partial charge in [0.1, 0.15) is 6.04 Å². The van der Waals surface area contributed by atoms with Crippen molar-refractivity contribution in [1.82, 2.24) is 5.32 Å². The van der Waals surface area contributed by atoms with Gasteiger partial charge in [0.15, 0.2) is 0 Å². The average molecular weight is 192 g/mol. The van der Waals surface area contributed by atoms with Crippen LogP contribution in [0.5, 0.6) is 0 Å². The van der Waals surface area contributed by atoms with Crippen LogP contribution in [0.2, 0.25) is 0 Å². The van der Waals surface area contributed by atoms with Crippen molar-refractivity contribution >= 4 is 18.4 Å². The van der Waals surface area contributed by atoms with Gasteiger partial charge in [-0.25, -0.2) is 0 Å². The summed E-state index contributed by atoms with van der Waals surface area (Å²) in [6.45, 7) is 0. The fraction of sp³-hybridized carbons (Fsp3) is 0.875. The number of halogens is 1. The molecule has 0 radical (unpaired) electrons. The molecule has 2 N–H and O–H groups in total. The van der Waals surface area contributed by atoms with Crippen molar-refractivity contribution in [3.05, 3.63) is 0 Å². The van der Waals surface area contributed by atoms with E-state index in [0.717, 1.165) is 18.8 Å². The van der Waals surface area contributed by atoms with Crippen LogP contribution in [0, 0.1) is 5.92 Å². The molecular weight excluding hydrogens is 178 g/mol. The summed E-state index contributed by atoms with van der Waals surface area (Å²) in [5, 5.41) is 11.8. The monoisotopic (exact) mass is 191 g/mol. The van der Waals surface area contributed by atoms with Gasteiger partial charge in [0.2, 0.25) is 0 Å². The smallest absolute Gasteiger partial charge is 0.320 e. The van der Waals surface area contributed by atoms with Crippen molar-refractivity contribution in [2.75, 3.05) is 0 Å². The maximum atomic E-state index is 10.5. The van der Waals surface area contributed by atoms with Crippen LogP contribution in [0.3, 0.4) is 0 Å². The Bertz CT molecular complexity index is 182. The molecule has 0 bridgehead atoms. The van der Waals surface area contributed by atoms with Gasteiger partial charge >= 0.3 is 5.97 Å². The highest BCUT2D eigenvalue weighted by Gasteiger charge is 2.38. The summed E-state index contributed by atoms with van der Waals surface area (Å²) in [5.74, 6) is 0.104. The minimum atomic E-state index is -0.687. The summed E-state index contributed by atoms with van der Waals surface area (Å²) >= 11 is 0. The second kappa shape index (κ2) is 3.62. The fourth-order valence-corrected chi connectivity index (χ4v) is 1.84. The van der Waals surface area contributed by atoms with Crippen molar-refractivity contribution in [1.29, 1.82) is 0 Å². The van der Waals surface area contributed by atoms with E-state index in [1.165, 1.54) is 12.8 Å². The van der Waals surface area contributed by atoms with E-state index in [-0.39, 0.29) is 18.4 Å². The third-order valence-electron chi connectivity index (χ3n) is 2.67. The predicted molar refractivity (Wildman–Crippen MR) is 47.6 cm³/mol. The number of carbonyl (C=O) groups is 1. The van der Waals surface area contributed by atoms with Gasteiger partial charge in [0, 0.05) is 6.04 Å². The fourth-order valence-electron chi connectivity index (χ4n) is 1.84. The van der Waals surface area contributed by atoms with Crippen molar-refractivity contribution in [3.63, 3.8) is 0 Å². The second-order valence-corrected chi connectivity index (χ2v) is 3.58. The van der Waals surface area contributed by atoms with Gasteiger partial charge in [-0.05, 0) is 31.6 Å². The molecule has 12 heavy (non-hydrogen) atoms. The molecule has 2 aliphatic rings. The van der Waals surface area contributed by atoms with Crippen molar-refractivity contribution in [2.24, 2.45) is 5.92 Å². The zero-order valence-electron chi connectivity index (χ0n) is 6.82. The Labute approximate surface area is 77.9 Å². The van der Waals surface area contributed by atoms with Gasteiger partial charge in [-0.2, -0.15) is 0 Å². The lowest BCUT2D eigenvalue weighted by molar-refractivity contribution is -0.139. The first kappa shape index (κ1) is 9.81. The van der Waals surface area contributed by atoms with Crippen LogP contribution in [0.15, 0.2) is 0 Å². The first-order valence-corrected chi connectivity index (χ1v) is 4.26. The van der Waals surface area contributed by atoms with E-state index in [1.807, 2.05) is 0 Å². The van der Waals surface area contributed by atoms with Crippen LogP contribution in [0.1, 0.15) is 25.7 Å². The lowest BCUT2D eigenvalue weighted by Gasteiger charge is -2.09. The molecule has 2 atom stereocenters. The molecule has 1 saturated carbocycles. The lowest BCUT2D eigenvalue weighted by Crippen LogP contribution is -2.36. The van der Waals surface area contributed by atoms with Gasteiger partial charge in [-0.3, -0.25) is 4.79 Å². The number of nitrogens with one attached hydrogen (secondary N) is 1. The Kier molecular flexibility index (Phi) is 2.96. The zero-order chi connectivity index (χ0) is 7.84. The summed E-state index contributed by atoms with van der Waals surface area (Å²) < 4.78 is 0. The molecular formula is C8H14ClNO2. The van der Waals surface area contributed by atoms with E-state index in [0.29, 0.717) is 6.04 Å². The molecule has 0 aromatic rings. The summed E-state index contributed by atoms with van der Waals surface area (Å²) in [6, 6.07) is 0.247. The number of carboxylic acids is 1. The standard InChI is InChI=1S/C8H13NO2.ClH/c10-8(11)7-4-3-6(9-7)5-1-2-5;/h5-7,9H,1-4H2,(H,10,11);1H. The van der Waals surface area contributed by atoms with Crippen molar-refractivity contribution in [2.45, 2.75) is 37.8 Å². The molecule has 0 aromatic carbocycles. The van der Waals surface area contributed by atoms with Crippen LogP contribution in [-0.4, -0.2) is 23.2 Å². The van der Waals surface area contributed by atoms with Gasteiger partial charge in [-0.1, -0.05) is 0 Å². The first-order valence-electron chi connectivity index (χ1n) is 4.26. The molecule has 70 valence electrons. The maximum absolute atomic E-state index is 10.5. The third kappa shape index (κ3) is 1.90. The van der Waals surface area contributed by atoms with Crippen LogP contribution in [0.25, 0.3) is 0 Å². The molecule has 4 heteroatoms. The van der Waals surface area contributed by atoms with Gasteiger partial charge in [0.25, 0.3) is 0 Å².